The smallest absolute Gasteiger partial charge is 0.372 e. The van der Waals surface area contributed by atoms with Gasteiger partial charge in [-0.2, -0.15) is 5.06 Å². The lowest BCUT2D eigenvalue weighted by Gasteiger charge is -2.33. The first kappa shape index (κ1) is 17.6. The highest BCUT2D eigenvalue weighted by Gasteiger charge is 2.59. The first-order valence-electron chi connectivity index (χ1n) is 8.31. The van der Waals surface area contributed by atoms with Crippen LogP contribution < -0.4 is 11.1 Å². The lowest BCUT2D eigenvalue weighted by molar-refractivity contribution is -0.256. The standard InChI is InChI=1S/C15H21N3O7/c16-14(5-2-1-3-6-14)12(21)17-9-8-24-18(11(9)20)15(13(22)23)7-4-10(19)25-15/h9H,1-8,16H2,(H,17,21)(H,22,23)/t9-,15?/m0/s1. The van der Waals surface area contributed by atoms with E-state index in [0.717, 1.165) is 19.3 Å². The third-order valence-corrected chi connectivity index (χ3v) is 4.98. The minimum absolute atomic E-state index is 0.137. The number of amides is 2. The van der Waals surface area contributed by atoms with E-state index in [4.69, 9.17) is 15.3 Å². The average Bonchev–Trinajstić information content (AvgIpc) is 3.13. The van der Waals surface area contributed by atoms with Crippen molar-refractivity contribution in [3.05, 3.63) is 0 Å². The van der Waals surface area contributed by atoms with Gasteiger partial charge in [0.05, 0.1) is 12.0 Å². The van der Waals surface area contributed by atoms with Crippen molar-refractivity contribution in [3.8, 4) is 0 Å². The van der Waals surface area contributed by atoms with Crippen molar-refractivity contribution in [1.82, 2.24) is 10.4 Å². The average molecular weight is 355 g/mol. The second-order valence-corrected chi connectivity index (χ2v) is 6.73. The molecule has 2 atom stereocenters. The number of esters is 1. The first-order valence-corrected chi connectivity index (χ1v) is 8.31. The van der Waals surface area contributed by atoms with Crippen LogP contribution in [0.15, 0.2) is 0 Å². The van der Waals surface area contributed by atoms with Gasteiger partial charge in [0, 0.05) is 6.42 Å². The molecule has 0 spiro atoms. The molecular weight excluding hydrogens is 334 g/mol. The zero-order valence-corrected chi connectivity index (χ0v) is 13.7. The van der Waals surface area contributed by atoms with Gasteiger partial charge in [-0.3, -0.25) is 19.2 Å². The molecule has 1 aliphatic carbocycles. The summed E-state index contributed by atoms with van der Waals surface area (Å²) in [4.78, 5) is 53.1. The molecule has 1 unspecified atom stereocenters. The Bertz CT molecular complexity index is 616. The van der Waals surface area contributed by atoms with Gasteiger partial charge in [0.25, 0.3) is 5.91 Å². The number of hydrogen-bond acceptors (Lipinski definition) is 7. The number of nitrogens with one attached hydrogen (secondary N) is 1. The Labute approximate surface area is 143 Å². The van der Waals surface area contributed by atoms with Gasteiger partial charge in [-0.15, -0.1) is 0 Å². The normalized spacial score (nSPS) is 31.7. The van der Waals surface area contributed by atoms with E-state index in [-0.39, 0.29) is 19.4 Å². The van der Waals surface area contributed by atoms with E-state index in [2.05, 4.69) is 5.32 Å². The predicted octanol–water partition coefficient (Wildman–Crippen LogP) is -0.975. The molecule has 0 aromatic heterocycles. The molecule has 3 rings (SSSR count). The quantitative estimate of drug-likeness (QED) is 0.545. The summed E-state index contributed by atoms with van der Waals surface area (Å²) >= 11 is 0. The lowest BCUT2D eigenvalue weighted by atomic mass is 9.82. The molecule has 10 nitrogen and oxygen atoms in total. The van der Waals surface area contributed by atoms with E-state index < -0.39 is 41.1 Å². The Morgan fingerprint density at radius 1 is 1.20 bits per heavy atom. The molecule has 0 bridgehead atoms. The first-order chi connectivity index (χ1) is 11.8. The van der Waals surface area contributed by atoms with Gasteiger partial charge in [0.2, 0.25) is 5.91 Å². The number of carbonyl (C=O) groups is 4. The van der Waals surface area contributed by atoms with Crippen LogP contribution in [0.5, 0.6) is 0 Å². The van der Waals surface area contributed by atoms with Crippen LogP contribution in [-0.4, -0.2) is 57.8 Å². The zero-order valence-electron chi connectivity index (χ0n) is 13.7. The number of hydroxylamine groups is 2. The van der Waals surface area contributed by atoms with Crippen LogP contribution in [0.2, 0.25) is 0 Å². The molecule has 2 saturated heterocycles. The maximum Gasteiger partial charge on any atom is 0.372 e. The number of carboxylic acid groups (broad SMARTS) is 1. The van der Waals surface area contributed by atoms with Crippen LogP contribution in [0.1, 0.15) is 44.9 Å². The van der Waals surface area contributed by atoms with Crippen LogP contribution in [0.25, 0.3) is 0 Å². The van der Waals surface area contributed by atoms with Crippen LogP contribution in [0.3, 0.4) is 0 Å². The number of ether oxygens (including phenoxy) is 1. The molecule has 4 N–H and O–H groups in total. The number of cyclic esters (lactones) is 1. The molecule has 3 aliphatic rings. The van der Waals surface area contributed by atoms with Gasteiger partial charge in [-0.25, -0.2) is 4.79 Å². The fourth-order valence-corrected chi connectivity index (χ4v) is 3.47. The molecule has 25 heavy (non-hydrogen) atoms. The lowest BCUT2D eigenvalue weighted by Crippen LogP contribution is -2.60. The van der Waals surface area contributed by atoms with Crippen molar-refractivity contribution in [2.75, 3.05) is 6.61 Å². The molecule has 138 valence electrons. The summed E-state index contributed by atoms with van der Waals surface area (Å²) in [5, 5.41) is 12.5. The van der Waals surface area contributed by atoms with Crippen molar-refractivity contribution in [1.29, 1.82) is 0 Å². The number of nitrogens with zero attached hydrogens (tertiary/aromatic N) is 1. The van der Waals surface area contributed by atoms with Gasteiger partial charge < -0.3 is 20.9 Å². The maximum atomic E-state index is 12.5. The molecule has 2 aliphatic heterocycles. The number of hydrogen-bond donors (Lipinski definition) is 3. The maximum absolute atomic E-state index is 12.5. The van der Waals surface area contributed by atoms with Crippen molar-refractivity contribution in [2.24, 2.45) is 5.73 Å². The van der Waals surface area contributed by atoms with Gasteiger partial charge in [0.1, 0.15) is 12.6 Å². The summed E-state index contributed by atoms with van der Waals surface area (Å²) in [5.41, 5.74) is 2.92. The summed E-state index contributed by atoms with van der Waals surface area (Å²) in [7, 11) is 0. The Kier molecular flexibility index (Phi) is 4.41. The van der Waals surface area contributed by atoms with Crippen molar-refractivity contribution >= 4 is 23.8 Å². The van der Waals surface area contributed by atoms with Gasteiger partial charge in [-0.1, -0.05) is 19.3 Å². The Hall–Kier alpha value is -2.20. The monoisotopic (exact) mass is 355 g/mol. The van der Waals surface area contributed by atoms with Crippen LogP contribution >= 0.6 is 0 Å². The molecule has 10 heteroatoms. The van der Waals surface area contributed by atoms with E-state index >= 15 is 0 Å². The van der Waals surface area contributed by atoms with E-state index in [1.807, 2.05) is 0 Å². The molecule has 0 aromatic rings. The minimum Gasteiger partial charge on any atom is -0.477 e. The molecule has 3 fully saturated rings. The van der Waals surface area contributed by atoms with Gasteiger partial charge in [-0.05, 0) is 12.8 Å². The number of aliphatic carboxylic acids is 1. The fourth-order valence-electron chi connectivity index (χ4n) is 3.47. The zero-order chi connectivity index (χ0) is 18.2. The van der Waals surface area contributed by atoms with E-state index in [9.17, 15) is 24.3 Å². The largest absolute Gasteiger partial charge is 0.477 e. The van der Waals surface area contributed by atoms with Gasteiger partial charge in [0.15, 0.2) is 0 Å². The van der Waals surface area contributed by atoms with E-state index in [0.29, 0.717) is 17.9 Å². The predicted molar refractivity (Wildman–Crippen MR) is 80.4 cm³/mol. The third kappa shape index (κ3) is 2.95. The fraction of sp³-hybridized carbons (Fsp3) is 0.733. The Morgan fingerprint density at radius 3 is 2.44 bits per heavy atom. The van der Waals surface area contributed by atoms with Crippen molar-refractivity contribution < 1.29 is 33.9 Å². The minimum atomic E-state index is -2.18. The summed E-state index contributed by atoms with van der Waals surface area (Å²) in [6, 6.07) is -1.06. The highest BCUT2D eigenvalue weighted by atomic mass is 16.7. The molecule has 0 radical (unpaired) electrons. The summed E-state index contributed by atoms with van der Waals surface area (Å²) in [6.45, 7) is -0.243. The molecule has 0 aromatic carbocycles. The topological polar surface area (TPSA) is 148 Å². The Morgan fingerprint density at radius 2 is 1.88 bits per heavy atom. The molecular formula is C15H21N3O7. The summed E-state index contributed by atoms with van der Waals surface area (Å²) in [6.07, 6.45) is 3.39. The second-order valence-electron chi connectivity index (χ2n) is 6.73. The van der Waals surface area contributed by atoms with E-state index in [1.165, 1.54) is 0 Å². The van der Waals surface area contributed by atoms with Crippen molar-refractivity contribution in [2.45, 2.75) is 62.3 Å². The highest BCUT2D eigenvalue weighted by molar-refractivity contribution is 5.95. The second kappa shape index (κ2) is 6.26. The number of carbonyl (C=O) groups excluding carboxylic acids is 3. The number of nitrogens with two attached hydrogens (primary N) is 1. The van der Waals surface area contributed by atoms with Crippen LogP contribution in [0.4, 0.5) is 0 Å². The van der Waals surface area contributed by atoms with Crippen LogP contribution in [0, 0.1) is 0 Å². The van der Waals surface area contributed by atoms with E-state index in [1.54, 1.807) is 0 Å². The molecule has 2 heterocycles. The summed E-state index contributed by atoms with van der Waals surface area (Å²) in [5.74, 6) is -3.45. The third-order valence-electron chi connectivity index (χ3n) is 4.98. The number of carboxylic acids is 1. The molecule has 2 amide bonds. The van der Waals surface area contributed by atoms with Crippen molar-refractivity contribution in [3.63, 3.8) is 0 Å². The molecule has 1 saturated carbocycles. The SMILES string of the molecule is NC1(C(=O)N[C@H]2CON(C3(C(=O)O)CCC(=O)O3)C2=O)CCCCC1. The number of rotatable bonds is 4. The highest BCUT2D eigenvalue weighted by Crippen LogP contribution is 2.34. The van der Waals surface area contributed by atoms with Crippen LogP contribution in [-0.2, 0) is 28.8 Å². The van der Waals surface area contributed by atoms with Gasteiger partial charge >= 0.3 is 17.7 Å². The Balaban J connectivity index is 1.70. The summed E-state index contributed by atoms with van der Waals surface area (Å²) < 4.78 is 4.86.